The average molecular weight is 272 g/mol. The minimum Gasteiger partial charge on any atom is -0.394 e. The molecule has 0 fully saturated rings. The number of hydrogen-bond acceptors (Lipinski definition) is 3. The van der Waals surface area contributed by atoms with E-state index in [0.29, 0.717) is 0 Å². The second-order valence-corrected chi connectivity index (χ2v) is 6.05. The molecule has 0 bridgehead atoms. The van der Waals surface area contributed by atoms with Gasteiger partial charge in [0.25, 0.3) is 0 Å². The summed E-state index contributed by atoms with van der Waals surface area (Å²) in [6, 6.07) is 0.724. The minimum atomic E-state index is -0.0938. The maximum Gasteiger partial charge on any atom is 0.0610 e. The molecule has 0 aliphatic rings. The molecule has 1 atom stereocenters. The molecule has 19 heavy (non-hydrogen) atoms. The molecule has 0 aliphatic carbocycles. The largest absolute Gasteiger partial charge is 0.394 e. The fourth-order valence-electron chi connectivity index (χ4n) is 2.62. The second-order valence-electron chi connectivity index (χ2n) is 6.05. The van der Waals surface area contributed by atoms with Gasteiger partial charge in [0.1, 0.15) is 0 Å². The molecule has 0 aromatic heterocycles. The van der Waals surface area contributed by atoms with Crippen molar-refractivity contribution in [3.8, 4) is 0 Å². The molecule has 0 aromatic rings. The third-order valence-electron chi connectivity index (χ3n) is 4.21. The molecule has 0 radical (unpaired) electrons. The van der Waals surface area contributed by atoms with Crippen LogP contribution in [0.25, 0.3) is 0 Å². The lowest BCUT2D eigenvalue weighted by molar-refractivity contribution is 0.159. The highest BCUT2D eigenvalue weighted by Crippen LogP contribution is 2.14. The van der Waals surface area contributed by atoms with E-state index in [1.54, 1.807) is 0 Å². The van der Waals surface area contributed by atoms with Gasteiger partial charge >= 0.3 is 0 Å². The Morgan fingerprint density at radius 1 is 1.16 bits per heavy atom. The second kappa shape index (κ2) is 10.6. The average Bonchev–Trinajstić information content (AvgIpc) is 2.43. The van der Waals surface area contributed by atoms with Crippen molar-refractivity contribution in [2.24, 2.45) is 0 Å². The molecule has 2 N–H and O–H groups in total. The lowest BCUT2D eigenvalue weighted by Crippen LogP contribution is -2.46. The lowest BCUT2D eigenvalue weighted by Gasteiger charge is -2.30. The summed E-state index contributed by atoms with van der Waals surface area (Å²) < 4.78 is 0. The van der Waals surface area contributed by atoms with Crippen molar-refractivity contribution in [2.45, 2.75) is 77.8 Å². The standard InChI is InChI=1S/C16H36N2O/c1-6-12-17-16(4,14-19)11-9-10-13-18(5)15(7-2)8-3/h15,17,19H,6-14H2,1-5H3. The van der Waals surface area contributed by atoms with Gasteiger partial charge < -0.3 is 15.3 Å². The normalized spacial score (nSPS) is 15.2. The summed E-state index contributed by atoms with van der Waals surface area (Å²) in [6.07, 6.45) is 7.04. The summed E-state index contributed by atoms with van der Waals surface area (Å²) >= 11 is 0. The summed E-state index contributed by atoms with van der Waals surface area (Å²) in [4.78, 5) is 2.48. The number of aliphatic hydroxyl groups excluding tert-OH is 1. The fourth-order valence-corrected chi connectivity index (χ4v) is 2.62. The van der Waals surface area contributed by atoms with Gasteiger partial charge in [0.15, 0.2) is 0 Å². The minimum absolute atomic E-state index is 0.0938. The van der Waals surface area contributed by atoms with E-state index in [2.05, 4.69) is 45.0 Å². The van der Waals surface area contributed by atoms with E-state index in [-0.39, 0.29) is 12.1 Å². The van der Waals surface area contributed by atoms with Crippen molar-refractivity contribution in [3.05, 3.63) is 0 Å². The van der Waals surface area contributed by atoms with E-state index in [1.807, 2.05) is 0 Å². The SMILES string of the molecule is CCCNC(C)(CO)CCCCN(C)C(CC)CC. The van der Waals surface area contributed by atoms with Gasteiger partial charge in [-0.1, -0.05) is 27.2 Å². The molecule has 116 valence electrons. The molecule has 0 aliphatic heterocycles. The Balaban J connectivity index is 3.88. The summed E-state index contributed by atoms with van der Waals surface area (Å²) in [5.74, 6) is 0. The molecule has 0 saturated heterocycles. The summed E-state index contributed by atoms with van der Waals surface area (Å²) in [7, 11) is 2.23. The van der Waals surface area contributed by atoms with Gasteiger partial charge in [-0.15, -0.1) is 0 Å². The van der Waals surface area contributed by atoms with E-state index in [9.17, 15) is 5.11 Å². The van der Waals surface area contributed by atoms with E-state index in [0.717, 1.165) is 25.4 Å². The summed E-state index contributed by atoms with van der Waals surface area (Å²) in [5.41, 5.74) is -0.0938. The molecule has 1 unspecified atom stereocenters. The Morgan fingerprint density at radius 2 is 1.79 bits per heavy atom. The first-order valence-electron chi connectivity index (χ1n) is 8.09. The summed E-state index contributed by atoms with van der Waals surface area (Å²) in [5, 5.41) is 13.0. The smallest absolute Gasteiger partial charge is 0.0610 e. The number of aliphatic hydroxyl groups is 1. The zero-order valence-electron chi connectivity index (χ0n) is 13.8. The van der Waals surface area contributed by atoms with Crippen LogP contribution < -0.4 is 5.32 Å². The van der Waals surface area contributed by atoms with Crippen molar-refractivity contribution in [2.75, 3.05) is 26.7 Å². The van der Waals surface area contributed by atoms with Crippen LogP contribution in [0.4, 0.5) is 0 Å². The van der Waals surface area contributed by atoms with Crippen molar-refractivity contribution in [3.63, 3.8) is 0 Å². The van der Waals surface area contributed by atoms with Crippen LogP contribution in [0.5, 0.6) is 0 Å². The Bertz CT molecular complexity index is 207. The first-order chi connectivity index (χ1) is 9.02. The van der Waals surface area contributed by atoms with Crippen LogP contribution in [0.2, 0.25) is 0 Å². The number of unbranched alkanes of at least 4 members (excludes halogenated alkanes) is 1. The van der Waals surface area contributed by atoms with Crippen molar-refractivity contribution >= 4 is 0 Å². The fraction of sp³-hybridized carbons (Fsp3) is 1.00. The van der Waals surface area contributed by atoms with Crippen molar-refractivity contribution in [1.29, 1.82) is 0 Å². The zero-order valence-corrected chi connectivity index (χ0v) is 13.8. The molecule has 0 spiro atoms. The summed E-state index contributed by atoms with van der Waals surface area (Å²) in [6.45, 7) is 11.2. The van der Waals surface area contributed by atoms with Gasteiger partial charge in [-0.2, -0.15) is 0 Å². The molecule has 0 aromatic carbocycles. The zero-order chi connectivity index (χ0) is 14.7. The third kappa shape index (κ3) is 7.91. The van der Waals surface area contributed by atoms with Gasteiger partial charge in [0.2, 0.25) is 0 Å². The Labute approximate surface area is 120 Å². The monoisotopic (exact) mass is 272 g/mol. The Hall–Kier alpha value is -0.120. The van der Waals surface area contributed by atoms with Crippen molar-refractivity contribution < 1.29 is 5.11 Å². The molecule has 0 amide bonds. The maximum atomic E-state index is 9.51. The van der Waals surface area contributed by atoms with E-state index >= 15 is 0 Å². The van der Waals surface area contributed by atoms with Gasteiger partial charge in [-0.05, 0) is 59.2 Å². The predicted molar refractivity (Wildman–Crippen MR) is 84.6 cm³/mol. The highest BCUT2D eigenvalue weighted by Gasteiger charge is 2.21. The van der Waals surface area contributed by atoms with Gasteiger partial charge in [0, 0.05) is 11.6 Å². The van der Waals surface area contributed by atoms with Gasteiger partial charge in [-0.3, -0.25) is 0 Å². The topological polar surface area (TPSA) is 35.5 Å². The highest BCUT2D eigenvalue weighted by molar-refractivity contribution is 4.82. The van der Waals surface area contributed by atoms with Crippen LogP contribution in [-0.4, -0.2) is 48.3 Å². The van der Waals surface area contributed by atoms with Crippen molar-refractivity contribution in [1.82, 2.24) is 10.2 Å². The van der Waals surface area contributed by atoms with Crippen LogP contribution in [0.15, 0.2) is 0 Å². The quantitative estimate of drug-likeness (QED) is 0.536. The van der Waals surface area contributed by atoms with E-state index in [1.165, 1.54) is 32.2 Å². The van der Waals surface area contributed by atoms with Crippen LogP contribution >= 0.6 is 0 Å². The van der Waals surface area contributed by atoms with Crippen LogP contribution in [0.1, 0.15) is 66.2 Å². The molecular formula is C16H36N2O. The first kappa shape index (κ1) is 18.9. The Kier molecular flexibility index (Phi) is 10.6. The third-order valence-corrected chi connectivity index (χ3v) is 4.21. The maximum absolute atomic E-state index is 9.51. The molecular weight excluding hydrogens is 236 g/mol. The lowest BCUT2D eigenvalue weighted by atomic mass is 9.95. The van der Waals surface area contributed by atoms with Gasteiger partial charge in [-0.25, -0.2) is 0 Å². The first-order valence-corrected chi connectivity index (χ1v) is 8.09. The number of rotatable bonds is 12. The number of nitrogens with one attached hydrogen (secondary N) is 1. The molecule has 0 heterocycles. The number of hydrogen-bond donors (Lipinski definition) is 2. The van der Waals surface area contributed by atoms with E-state index in [4.69, 9.17) is 0 Å². The highest BCUT2D eigenvalue weighted by atomic mass is 16.3. The molecule has 0 saturated carbocycles. The molecule has 0 rings (SSSR count). The Morgan fingerprint density at radius 3 is 2.26 bits per heavy atom. The number of nitrogens with zero attached hydrogens (tertiary/aromatic N) is 1. The van der Waals surface area contributed by atoms with Crippen LogP contribution in [0.3, 0.4) is 0 Å². The van der Waals surface area contributed by atoms with E-state index < -0.39 is 0 Å². The molecule has 3 heteroatoms. The van der Waals surface area contributed by atoms with Crippen LogP contribution in [0, 0.1) is 0 Å². The van der Waals surface area contributed by atoms with Gasteiger partial charge in [0.05, 0.1) is 6.61 Å². The molecule has 3 nitrogen and oxygen atoms in total. The van der Waals surface area contributed by atoms with Crippen LogP contribution in [-0.2, 0) is 0 Å². The predicted octanol–water partition coefficient (Wildman–Crippen LogP) is 3.03.